The average Bonchev–Trinajstić information content (AvgIpc) is 3.03. The predicted molar refractivity (Wildman–Crippen MR) is 132 cm³/mol. The van der Waals surface area contributed by atoms with Gasteiger partial charge in [-0.15, -0.1) is 11.8 Å². The van der Waals surface area contributed by atoms with Crippen LogP contribution in [0, 0.1) is 5.41 Å². The number of hydrogen-bond acceptors (Lipinski definition) is 10. The number of ether oxygens (including phenoxy) is 2. The van der Waals surface area contributed by atoms with Crippen LogP contribution in [-0.2, 0) is 39.1 Å². The molecule has 1 aromatic carbocycles. The Morgan fingerprint density at radius 2 is 1.70 bits per heavy atom. The molecule has 4 atom stereocenters. The maximum Gasteiger partial charge on any atom is 0.394 e. The summed E-state index contributed by atoms with van der Waals surface area (Å²) in [5.41, 5.74) is 5.94. The van der Waals surface area contributed by atoms with Crippen molar-refractivity contribution in [1.29, 1.82) is 0 Å². The van der Waals surface area contributed by atoms with Crippen LogP contribution in [0.15, 0.2) is 30.3 Å². The number of carbonyl (C=O) groups is 4. The number of fused-ring (bicyclic) bond motifs is 1. The summed E-state index contributed by atoms with van der Waals surface area (Å²) in [5, 5.41) is 2.29. The first kappa shape index (κ1) is 30.5. The predicted octanol–water partition coefficient (Wildman–Crippen LogP) is 0.671. The van der Waals surface area contributed by atoms with Crippen LogP contribution in [0.4, 0.5) is 0 Å². The molecule has 2 amide bonds. The SMILES string of the molecule is CC(C)(C)C(=O)OCOC(=O)[C@@H]1N2C(=O)[C@@H](NC(=O)C(N)c3ccccc3)[C@H]2SC1(C)C.O=S(=O)(O)O. The molecular weight excluding hydrogens is 530 g/mol. The van der Waals surface area contributed by atoms with E-state index in [1.165, 1.54) is 16.7 Å². The lowest BCUT2D eigenvalue weighted by Gasteiger charge is -2.44. The number of thioether (sulfide) groups is 1. The molecule has 3 rings (SSSR count). The van der Waals surface area contributed by atoms with Crippen molar-refractivity contribution in [3.63, 3.8) is 0 Å². The number of amides is 2. The van der Waals surface area contributed by atoms with E-state index in [1.807, 2.05) is 19.9 Å². The lowest BCUT2D eigenvalue weighted by atomic mass is 9.95. The zero-order valence-electron chi connectivity index (χ0n) is 20.9. The van der Waals surface area contributed by atoms with Gasteiger partial charge in [0.25, 0.3) is 0 Å². The molecule has 0 spiro atoms. The molecule has 0 aromatic heterocycles. The lowest BCUT2D eigenvalue weighted by Crippen LogP contribution is -2.71. The van der Waals surface area contributed by atoms with Gasteiger partial charge in [-0.05, 0) is 40.2 Å². The van der Waals surface area contributed by atoms with Crippen LogP contribution in [0.2, 0.25) is 0 Å². The minimum Gasteiger partial charge on any atom is -0.427 e. The summed E-state index contributed by atoms with van der Waals surface area (Å²) < 4.78 is 41.1. The molecule has 0 radical (unpaired) electrons. The van der Waals surface area contributed by atoms with Gasteiger partial charge in [0.1, 0.15) is 23.5 Å². The molecule has 37 heavy (non-hydrogen) atoms. The van der Waals surface area contributed by atoms with E-state index < -0.39 is 68.7 Å². The highest BCUT2D eigenvalue weighted by atomic mass is 32.3. The van der Waals surface area contributed by atoms with Crippen molar-refractivity contribution in [2.75, 3.05) is 6.79 Å². The number of nitrogens with zero attached hydrogens (tertiary/aromatic N) is 1. The van der Waals surface area contributed by atoms with Crippen LogP contribution in [0.25, 0.3) is 0 Å². The Morgan fingerprint density at radius 3 is 2.22 bits per heavy atom. The maximum atomic E-state index is 12.8. The second kappa shape index (κ2) is 11.3. The van der Waals surface area contributed by atoms with E-state index in [9.17, 15) is 19.2 Å². The van der Waals surface area contributed by atoms with Crippen LogP contribution in [0.5, 0.6) is 0 Å². The molecule has 2 heterocycles. The Morgan fingerprint density at radius 1 is 1.16 bits per heavy atom. The highest BCUT2D eigenvalue weighted by Gasteiger charge is 2.64. The van der Waals surface area contributed by atoms with Gasteiger partial charge in [0.05, 0.1) is 5.41 Å². The molecule has 0 bridgehead atoms. The smallest absolute Gasteiger partial charge is 0.394 e. The monoisotopic (exact) mass is 561 g/mol. The fraction of sp³-hybridized carbons (Fsp3) is 0.545. The molecule has 15 heteroatoms. The normalized spacial score (nSPS) is 23.0. The fourth-order valence-electron chi connectivity index (χ4n) is 3.62. The van der Waals surface area contributed by atoms with Gasteiger partial charge in [0.15, 0.2) is 0 Å². The Balaban J connectivity index is 0.000000877. The largest absolute Gasteiger partial charge is 0.427 e. The zero-order valence-corrected chi connectivity index (χ0v) is 22.5. The summed E-state index contributed by atoms with van der Waals surface area (Å²) in [4.78, 5) is 51.4. The first-order valence-corrected chi connectivity index (χ1v) is 13.3. The van der Waals surface area contributed by atoms with Gasteiger partial charge in [-0.1, -0.05) is 30.3 Å². The third-order valence-electron chi connectivity index (χ3n) is 5.41. The quantitative estimate of drug-likeness (QED) is 0.164. The van der Waals surface area contributed by atoms with Crippen LogP contribution < -0.4 is 11.1 Å². The van der Waals surface area contributed by atoms with E-state index >= 15 is 0 Å². The van der Waals surface area contributed by atoms with Crippen molar-refractivity contribution < 1.29 is 46.2 Å². The van der Waals surface area contributed by atoms with Crippen molar-refractivity contribution in [1.82, 2.24) is 10.2 Å². The summed E-state index contributed by atoms with van der Waals surface area (Å²) in [7, 11) is -4.67. The van der Waals surface area contributed by atoms with Crippen molar-refractivity contribution in [2.24, 2.45) is 11.1 Å². The molecule has 0 saturated carbocycles. The van der Waals surface area contributed by atoms with Crippen molar-refractivity contribution in [3.8, 4) is 0 Å². The van der Waals surface area contributed by atoms with E-state index in [2.05, 4.69) is 5.32 Å². The van der Waals surface area contributed by atoms with E-state index in [0.29, 0.717) is 5.56 Å². The molecule has 2 aliphatic rings. The summed E-state index contributed by atoms with van der Waals surface area (Å²) in [6, 6.07) is 6.31. The topological polar surface area (TPSA) is 203 Å². The number of hydrogen-bond donors (Lipinski definition) is 4. The first-order chi connectivity index (χ1) is 16.8. The number of rotatable bonds is 6. The second-order valence-electron chi connectivity index (χ2n) is 9.85. The van der Waals surface area contributed by atoms with E-state index in [4.69, 9.17) is 32.7 Å². The minimum absolute atomic E-state index is 0.379. The third kappa shape index (κ3) is 7.88. The molecule has 2 fully saturated rings. The number of nitrogens with two attached hydrogens (primary N) is 1. The summed E-state index contributed by atoms with van der Waals surface area (Å²) in [6.07, 6.45) is 0. The van der Waals surface area contributed by atoms with Gasteiger partial charge in [0, 0.05) is 4.75 Å². The number of nitrogens with one attached hydrogen (secondary N) is 1. The van der Waals surface area contributed by atoms with Gasteiger partial charge in [-0.2, -0.15) is 8.42 Å². The van der Waals surface area contributed by atoms with E-state index in [1.54, 1.807) is 45.0 Å². The van der Waals surface area contributed by atoms with Crippen molar-refractivity contribution in [3.05, 3.63) is 35.9 Å². The molecule has 2 saturated heterocycles. The third-order valence-corrected chi connectivity index (χ3v) is 6.98. The molecular formula is C22H31N3O10S2. The number of β-lactam (4-membered cyclic amide) rings is 1. The van der Waals surface area contributed by atoms with Crippen molar-refractivity contribution >= 4 is 45.9 Å². The number of esters is 2. The molecule has 5 N–H and O–H groups in total. The molecule has 13 nitrogen and oxygen atoms in total. The zero-order chi connectivity index (χ0) is 28.3. The Hall–Kier alpha value is -2.72. The summed E-state index contributed by atoms with van der Waals surface area (Å²) in [6.45, 7) is 8.20. The first-order valence-electron chi connectivity index (χ1n) is 11.0. The minimum atomic E-state index is -4.67. The van der Waals surface area contributed by atoms with Gasteiger partial charge in [0.2, 0.25) is 18.6 Å². The van der Waals surface area contributed by atoms with Crippen LogP contribution in [-0.4, -0.2) is 75.2 Å². The summed E-state index contributed by atoms with van der Waals surface area (Å²) in [5.74, 6) is -2.00. The Kier molecular flexibility index (Phi) is 9.36. The van der Waals surface area contributed by atoms with E-state index in [-0.39, 0.29) is 5.91 Å². The highest BCUT2D eigenvalue weighted by molar-refractivity contribution is 8.01. The van der Waals surface area contributed by atoms with Gasteiger partial charge < -0.3 is 25.4 Å². The van der Waals surface area contributed by atoms with Crippen LogP contribution >= 0.6 is 11.8 Å². The molecule has 0 aliphatic carbocycles. The molecule has 206 valence electrons. The highest BCUT2D eigenvalue weighted by Crippen LogP contribution is 2.51. The van der Waals surface area contributed by atoms with Gasteiger partial charge in [-0.3, -0.25) is 23.5 Å². The Labute approximate surface area is 219 Å². The van der Waals surface area contributed by atoms with Crippen LogP contribution in [0.1, 0.15) is 46.2 Å². The van der Waals surface area contributed by atoms with E-state index in [0.717, 1.165) is 0 Å². The lowest BCUT2D eigenvalue weighted by molar-refractivity contribution is -0.180. The molecule has 1 aromatic rings. The number of benzene rings is 1. The van der Waals surface area contributed by atoms with Crippen molar-refractivity contribution in [2.45, 2.75) is 62.9 Å². The molecule has 2 aliphatic heterocycles. The maximum absolute atomic E-state index is 12.8. The standard InChI is InChI=1S/C22H29N3O6S.H2O4S/c1-21(2,3)20(29)31-11-30-19(28)15-22(4,5)32-18-14(17(27)25(15)18)24-16(26)13(23)12-9-7-6-8-10-12;1-5(2,3)4/h6-10,13-15,18H,11,23H2,1-5H3,(H,24,26);(H2,1,2,3,4)/t13?,14-,15+,18-;/m1./s1. The Bertz CT molecular complexity index is 1130. The van der Waals surface area contributed by atoms with Gasteiger partial charge >= 0.3 is 22.3 Å². The fourth-order valence-corrected chi connectivity index (χ4v) is 5.24. The van der Waals surface area contributed by atoms with Gasteiger partial charge in [-0.25, -0.2) is 4.79 Å². The summed E-state index contributed by atoms with van der Waals surface area (Å²) >= 11 is 1.40. The average molecular weight is 562 g/mol. The molecule has 1 unspecified atom stereocenters. The van der Waals surface area contributed by atoms with Crippen LogP contribution in [0.3, 0.4) is 0 Å². The second-order valence-corrected chi connectivity index (χ2v) is 12.5. The number of carbonyl (C=O) groups excluding carboxylic acids is 4.